The van der Waals surface area contributed by atoms with E-state index in [-0.39, 0.29) is 5.02 Å². The Bertz CT molecular complexity index is 714. The van der Waals surface area contributed by atoms with E-state index in [0.717, 1.165) is 0 Å². The monoisotopic (exact) mass is 334 g/mol. The predicted octanol–water partition coefficient (Wildman–Crippen LogP) is 4.03. The molecule has 0 N–H and O–H groups in total. The molecule has 0 saturated carbocycles. The maximum atomic E-state index is 12.4. The molecule has 22 heavy (non-hydrogen) atoms. The van der Waals surface area contributed by atoms with E-state index >= 15 is 0 Å². The molecule has 0 aliphatic carbocycles. The van der Waals surface area contributed by atoms with Gasteiger partial charge >= 0.3 is 0 Å². The van der Waals surface area contributed by atoms with Crippen molar-refractivity contribution in [1.29, 1.82) is 5.26 Å². The van der Waals surface area contributed by atoms with Gasteiger partial charge in [0, 0.05) is 6.20 Å². The molecule has 0 saturated heterocycles. The summed E-state index contributed by atoms with van der Waals surface area (Å²) >= 11 is 11.9. The Morgan fingerprint density at radius 1 is 1.27 bits per heavy atom. The number of hydrogen-bond acceptors (Lipinski definition) is 4. The van der Waals surface area contributed by atoms with Crippen LogP contribution < -0.4 is 4.74 Å². The van der Waals surface area contributed by atoms with Gasteiger partial charge < -0.3 is 4.74 Å². The Labute approximate surface area is 138 Å². The van der Waals surface area contributed by atoms with Crippen LogP contribution in [-0.2, 0) is 4.79 Å². The van der Waals surface area contributed by atoms with Crippen LogP contribution in [-0.4, -0.2) is 16.9 Å². The molecule has 1 aromatic heterocycles. The number of carbonyl (C=O) groups excluding carboxylic acids is 1. The van der Waals surface area contributed by atoms with Crippen LogP contribution in [0.5, 0.6) is 5.75 Å². The Morgan fingerprint density at radius 2 is 2.05 bits per heavy atom. The van der Waals surface area contributed by atoms with Crippen LogP contribution in [0, 0.1) is 11.3 Å². The van der Waals surface area contributed by atoms with Gasteiger partial charge in [0.05, 0.1) is 16.8 Å². The number of ether oxygens (including phenoxy) is 1. The second-order valence-corrected chi connectivity index (χ2v) is 5.32. The lowest BCUT2D eigenvalue weighted by Crippen LogP contribution is -2.29. The summed E-state index contributed by atoms with van der Waals surface area (Å²) in [5, 5.41) is 9.82. The number of halogens is 2. The molecular weight excluding hydrogens is 323 g/mol. The van der Waals surface area contributed by atoms with Crippen molar-refractivity contribution in [2.45, 2.75) is 18.9 Å². The van der Waals surface area contributed by atoms with Crippen molar-refractivity contribution < 1.29 is 9.53 Å². The van der Waals surface area contributed by atoms with E-state index in [1.54, 1.807) is 43.3 Å². The molecule has 0 aliphatic heterocycles. The van der Waals surface area contributed by atoms with E-state index in [4.69, 9.17) is 27.9 Å². The Morgan fingerprint density at radius 3 is 2.68 bits per heavy atom. The number of rotatable bonds is 5. The first-order valence-electron chi connectivity index (χ1n) is 6.49. The van der Waals surface area contributed by atoms with Crippen molar-refractivity contribution >= 4 is 29.0 Å². The number of ketones is 1. The van der Waals surface area contributed by atoms with Crippen LogP contribution in [0.3, 0.4) is 0 Å². The number of Topliss-reactive ketones (excluding diaryl/α,β-unsaturated/α-hetero) is 1. The molecule has 2 rings (SSSR count). The van der Waals surface area contributed by atoms with Gasteiger partial charge in [-0.1, -0.05) is 35.3 Å². The zero-order chi connectivity index (χ0) is 16.1. The number of pyridine rings is 1. The van der Waals surface area contributed by atoms with E-state index in [1.807, 2.05) is 6.07 Å². The Balaban J connectivity index is 2.18. The van der Waals surface area contributed by atoms with E-state index in [2.05, 4.69) is 4.98 Å². The maximum absolute atomic E-state index is 12.4. The second kappa shape index (κ2) is 7.26. The molecule has 0 spiro atoms. The lowest BCUT2D eigenvalue weighted by molar-refractivity contribution is -0.125. The fourth-order valence-electron chi connectivity index (χ4n) is 1.88. The van der Waals surface area contributed by atoms with Crippen molar-refractivity contribution in [2.75, 3.05) is 0 Å². The largest absolute Gasteiger partial charge is 0.481 e. The van der Waals surface area contributed by atoms with Crippen molar-refractivity contribution in [3.63, 3.8) is 0 Å². The van der Waals surface area contributed by atoms with E-state index < -0.39 is 17.8 Å². The standard InChI is InChI=1S/C16H12Cl2N2O2/c1-10(22-14-7-4-5-12(17)15(14)18)16(21)11(9-19)13-6-2-3-8-20-13/h2-8,10-11H,1H3/t10-,11-/m1/s1. The summed E-state index contributed by atoms with van der Waals surface area (Å²) in [6.45, 7) is 1.56. The molecule has 112 valence electrons. The van der Waals surface area contributed by atoms with Gasteiger partial charge in [-0.25, -0.2) is 0 Å². The topological polar surface area (TPSA) is 63.0 Å². The smallest absolute Gasteiger partial charge is 0.196 e. The molecule has 2 atom stereocenters. The molecule has 6 heteroatoms. The highest BCUT2D eigenvalue weighted by Crippen LogP contribution is 2.32. The van der Waals surface area contributed by atoms with Gasteiger partial charge in [0.15, 0.2) is 17.8 Å². The molecule has 0 radical (unpaired) electrons. The lowest BCUT2D eigenvalue weighted by atomic mass is 9.98. The molecule has 0 bridgehead atoms. The summed E-state index contributed by atoms with van der Waals surface area (Å²) in [5.41, 5.74) is 0.391. The number of carbonyl (C=O) groups is 1. The van der Waals surface area contributed by atoms with Gasteiger partial charge in [-0.3, -0.25) is 9.78 Å². The number of benzene rings is 1. The quantitative estimate of drug-likeness (QED) is 0.827. The highest BCUT2D eigenvalue weighted by molar-refractivity contribution is 6.42. The number of aromatic nitrogens is 1. The third-order valence-corrected chi connectivity index (χ3v) is 3.82. The molecule has 2 aromatic rings. The van der Waals surface area contributed by atoms with Crippen LogP contribution in [0.1, 0.15) is 18.5 Å². The van der Waals surface area contributed by atoms with Crippen molar-refractivity contribution in [3.05, 3.63) is 58.3 Å². The van der Waals surface area contributed by atoms with Crippen LogP contribution in [0.2, 0.25) is 10.0 Å². The van der Waals surface area contributed by atoms with Crippen molar-refractivity contribution in [3.8, 4) is 11.8 Å². The SMILES string of the molecule is C[C@@H](Oc1cccc(Cl)c1Cl)C(=O)[C@H](C#N)c1ccccn1. The molecule has 1 aromatic carbocycles. The van der Waals surface area contributed by atoms with Crippen LogP contribution in [0.4, 0.5) is 0 Å². The highest BCUT2D eigenvalue weighted by Gasteiger charge is 2.28. The average Bonchev–Trinajstić information content (AvgIpc) is 2.53. The molecular formula is C16H12Cl2N2O2. The third kappa shape index (κ3) is 3.56. The number of nitriles is 1. The zero-order valence-corrected chi connectivity index (χ0v) is 13.2. The van der Waals surface area contributed by atoms with Crippen LogP contribution >= 0.6 is 23.2 Å². The summed E-state index contributed by atoms with van der Waals surface area (Å²) in [4.78, 5) is 16.5. The highest BCUT2D eigenvalue weighted by atomic mass is 35.5. The van der Waals surface area contributed by atoms with Gasteiger partial charge in [0.2, 0.25) is 0 Å². The van der Waals surface area contributed by atoms with E-state index in [0.29, 0.717) is 16.5 Å². The molecule has 4 nitrogen and oxygen atoms in total. The van der Waals surface area contributed by atoms with Crippen LogP contribution in [0.25, 0.3) is 0 Å². The number of nitrogens with zero attached hydrogens (tertiary/aromatic N) is 2. The van der Waals surface area contributed by atoms with Crippen molar-refractivity contribution in [1.82, 2.24) is 4.98 Å². The molecule has 0 amide bonds. The normalized spacial score (nSPS) is 13.0. The van der Waals surface area contributed by atoms with Gasteiger partial charge in [-0.2, -0.15) is 5.26 Å². The molecule has 0 aliphatic rings. The second-order valence-electron chi connectivity index (χ2n) is 4.53. The van der Waals surface area contributed by atoms with Gasteiger partial charge in [0.25, 0.3) is 0 Å². The zero-order valence-electron chi connectivity index (χ0n) is 11.7. The van der Waals surface area contributed by atoms with Gasteiger partial charge in [0.1, 0.15) is 10.8 Å². The minimum Gasteiger partial charge on any atom is -0.481 e. The van der Waals surface area contributed by atoms with Crippen molar-refractivity contribution in [2.24, 2.45) is 0 Å². The first-order valence-corrected chi connectivity index (χ1v) is 7.25. The summed E-state index contributed by atoms with van der Waals surface area (Å²) < 4.78 is 5.55. The summed E-state index contributed by atoms with van der Waals surface area (Å²) in [7, 11) is 0. The molecule has 1 heterocycles. The molecule has 0 fully saturated rings. The fraction of sp³-hybridized carbons (Fsp3) is 0.188. The van der Waals surface area contributed by atoms with E-state index in [9.17, 15) is 10.1 Å². The average molecular weight is 335 g/mol. The number of hydrogen-bond donors (Lipinski definition) is 0. The maximum Gasteiger partial charge on any atom is 0.196 e. The predicted molar refractivity (Wildman–Crippen MR) is 84.2 cm³/mol. The minimum atomic E-state index is -0.992. The van der Waals surface area contributed by atoms with Gasteiger partial charge in [-0.15, -0.1) is 0 Å². The fourth-order valence-corrected chi connectivity index (χ4v) is 2.22. The molecule has 0 unspecified atom stereocenters. The first kappa shape index (κ1) is 16.3. The lowest BCUT2D eigenvalue weighted by Gasteiger charge is -2.17. The Kier molecular flexibility index (Phi) is 5.37. The summed E-state index contributed by atoms with van der Waals surface area (Å²) in [6, 6.07) is 11.9. The minimum absolute atomic E-state index is 0.232. The van der Waals surface area contributed by atoms with Gasteiger partial charge in [-0.05, 0) is 31.2 Å². The first-order chi connectivity index (χ1) is 10.5. The summed E-state index contributed by atoms with van der Waals surface area (Å²) in [6.07, 6.45) is 0.675. The summed E-state index contributed by atoms with van der Waals surface area (Å²) in [5.74, 6) is -1.08. The van der Waals surface area contributed by atoms with E-state index in [1.165, 1.54) is 6.20 Å². The van der Waals surface area contributed by atoms with Crippen LogP contribution in [0.15, 0.2) is 42.6 Å². The third-order valence-electron chi connectivity index (χ3n) is 3.02. The Hall–Kier alpha value is -2.09.